The second-order valence-electron chi connectivity index (χ2n) is 5.08. The molecule has 0 bridgehead atoms. The minimum absolute atomic E-state index is 0.00739. The summed E-state index contributed by atoms with van der Waals surface area (Å²) in [5.74, 6) is 1.44. The molecule has 2 rings (SSSR count). The summed E-state index contributed by atoms with van der Waals surface area (Å²) in [5.41, 5.74) is 1.12. The van der Waals surface area contributed by atoms with Crippen LogP contribution in [0.4, 0.5) is 4.79 Å². The number of methoxy groups -OCH3 is 2. The molecule has 20 heavy (non-hydrogen) atoms. The van der Waals surface area contributed by atoms with Crippen LogP contribution < -0.4 is 14.8 Å². The average Bonchev–Trinajstić information content (AvgIpc) is 3.28. The fourth-order valence-corrected chi connectivity index (χ4v) is 1.95. The van der Waals surface area contributed by atoms with Gasteiger partial charge < -0.3 is 19.7 Å². The second kappa shape index (κ2) is 6.50. The van der Waals surface area contributed by atoms with Gasteiger partial charge in [-0.1, -0.05) is 6.07 Å². The van der Waals surface area contributed by atoms with Gasteiger partial charge in [-0.2, -0.15) is 0 Å². The number of likely N-dealkylation sites (N-methyl/N-ethyl adjacent to an activating group) is 1. The number of nitrogens with zero attached hydrogens (tertiary/aromatic N) is 1. The van der Waals surface area contributed by atoms with Crippen molar-refractivity contribution >= 4 is 6.03 Å². The van der Waals surface area contributed by atoms with E-state index in [1.165, 1.54) is 0 Å². The van der Waals surface area contributed by atoms with Crippen molar-refractivity contribution in [1.29, 1.82) is 0 Å². The molecule has 0 unspecified atom stereocenters. The Kier molecular flexibility index (Phi) is 4.71. The number of urea groups is 1. The molecule has 1 aromatic carbocycles. The molecule has 5 nitrogen and oxygen atoms in total. The van der Waals surface area contributed by atoms with Gasteiger partial charge in [-0.05, 0) is 37.0 Å². The van der Waals surface area contributed by atoms with Crippen LogP contribution in [0.5, 0.6) is 11.5 Å². The van der Waals surface area contributed by atoms with Gasteiger partial charge in [-0.25, -0.2) is 4.79 Å². The van der Waals surface area contributed by atoms with Gasteiger partial charge in [0.05, 0.1) is 14.2 Å². The van der Waals surface area contributed by atoms with E-state index in [0.717, 1.165) is 36.3 Å². The minimum atomic E-state index is 0.00739. The van der Waals surface area contributed by atoms with E-state index < -0.39 is 0 Å². The summed E-state index contributed by atoms with van der Waals surface area (Å²) in [6, 6.07) is 6.23. The number of ether oxygens (including phenoxy) is 2. The molecule has 0 spiro atoms. The van der Waals surface area contributed by atoms with Crippen LogP contribution in [-0.4, -0.2) is 44.8 Å². The molecule has 2 amide bonds. The van der Waals surface area contributed by atoms with Crippen LogP contribution in [0.3, 0.4) is 0 Å². The molecule has 1 aliphatic rings. The third kappa shape index (κ3) is 3.79. The SMILES string of the molecule is COc1ccc(CCN(C)C(=O)NC2CC2)cc1OC. The summed E-state index contributed by atoms with van der Waals surface area (Å²) in [6.45, 7) is 0.675. The number of hydrogen-bond acceptors (Lipinski definition) is 3. The molecule has 1 saturated carbocycles. The monoisotopic (exact) mass is 278 g/mol. The van der Waals surface area contributed by atoms with Gasteiger partial charge in [0, 0.05) is 19.6 Å². The summed E-state index contributed by atoms with van der Waals surface area (Å²) >= 11 is 0. The zero-order valence-electron chi connectivity index (χ0n) is 12.3. The van der Waals surface area contributed by atoms with Crippen molar-refractivity contribution < 1.29 is 14.3 Å². The Labute approximate surface area is 119 Å². The van der Waals surface area contributed by atoms with E-state index in [9.17, 15) is 4.79 Å². The van der Waals surface area contributed by atoms with Gasteiger partial charge in [0.25, 0.3) is 0 Å². The summed E-state index contributed by atoms with van der Waals surface area (Å²) in [6.07, 6.45) is 3.00. The molecule has 5 heteroatoms. The Morgan fingerprint density at radius 2 is 2.00 bits per heavy atom. The highest BCUT2D eigenvalue weighted by Crippen LogP contribution is 2.27. The topological polar surface area (TPSA) is 50.8 Å². The lowest BCUT2D eigenvalue weighted by Gasteiger charge is -2.18. The Morgan fingerprint density at radius 3 is 2.60 bits per heavy atom. The van der Waals surface area contributed by atoms with Crippen LogP contribution in [0.25, 0.3) is 0 Å². The minimum Gasteiger partial charge on any atom is -0.493 e. The van der Waals surface area contributed by atoms with Gasteiger partial charge in [-0.3, -0.25) is 0 Å². The number of rotatable bonds is 6. The molecule has 0 atom stereocenters. The fraction of sp³-hybridized carbons (Fsp3) is 0.533. The maximum absolute atomic E-state index is 11.8. The molecule has 1 aliphatic carbocycles. The zero-order valence-corrected chi connectivity index (χ0v) is 12.3. The highest BCUT2D eigenvalue weighted by Gasteiger charge is 2.24. The Morgan fingerprint density at radius 1 is 1.30 bits per heavy atom. The summed E-state index contributed by atoms with van der Waals surface area (Å²) in [7, 11) is 5.06. The number of nitrogens with one attached hydrogen (secondary N) is 1. The quantitative estimate of drug-likeness (QED) is 0.866. The first-order valence-electron chi connectivity index (χ1n) is 6.86. The van der Waals surface area contributed by atoms with Gasteiger partial charge >= 0.3 is 6.03 Å². The van der Waals surface area contributed by atoms with Crippen molar-refractivity contribution in [3.05, 3.63) is 23.8 Å². The van der Waals surface area contributed by atoms with Crippen LogP contribution in [0.15, 0.2) is 18.2 Å². The number of benzene rings is 1. The zero-order chi connectivity index (χ0) is 14.5. The van der Waals surface area contributed by atoms with Crippen molar-refractivity contribution in [2.45, 2.75) is 25.3 Å². The molecule has 0 heterocycles. The predicted molar refractivity (Wildman–Crippen MR) is 77.4 cm³/mol. The predicted octanol–water partition coefficient (Wildman–Crippen LogP) is 2.05. The Bertz CT molecular complexity index is 472. The smallest absolute Gasteiger partial charge is 0.317 e. The third-order valence-electron chi connectivity index (χ3n) is 3.44. The normalized spacial score (nSPS) is 13.8. The summed E-state index contributed by atoms with van der Waals surface area (Å²) in [5, 5.41) is 2.97. The van der Waals surface area contributed by atoms with Crippen molar-refractivity contribution in [2.24, 2.45) is 0 Å². The lowest BCUT2D eigenvalue weighted by Crippen LogP contribution is -2.39. The highest BCUT2D eigenvalue weighted by molar-refractivity contribution is 5.74. The van der Waals surface area contributed by atoms with Gasteiger partial charge in [-0.15, -0.1) is 0 Å². The summed E-state index contributed by atoms with van der Waals surface area (Å²) in [4.78, 5) is 13.5. The molecule has 0 aromatic heterocycles. The van der Waals surface area contributed by atoms with E-state index in [1.807, 2.05) is 25.2 Å². The molecule has 1 fully saturated rings. The van der Waals surface area contributed by atoms with Crippen molar-refractivity contribution in [2.75, 3.05) is 27.8 Å². The fourth-order valence-electron chi connectivity index (χ4n) is 1.95. The maximum atomic E-state index is 11.8. The van der Waals surface area contributed by atoms with Crippen LogP contribution in [0.1, 0.15) is 18.4 Å². The van der Waals surface area contributed by atoms with E-state index in [4.69, 9.17) is 9.47 Å². The molecule has 1 N–H and O–H groups in total. The van der Waals surface area contributed by atoms with Crippen molar-refractivity contribution in [3.63, 3.8) is 0 Å². The standard InChI is InChI=1S/C15H22N2O3/c1-17(15(18)16-12-5-6-12)9-8-11-4-7-13(19-2)14(10-11)20-3/h4,7,10,12H,5-6,8-9H2,1-3H3,(H,16,18). The Hall–Kier alpha value is -1.91. The molecular weight excluding hydrogens is 256 g/mol. The number of carbonyl (C=O) groups excluding carboxylic acids is 1. The molecular formula is C15H22N2O3. The van der Waals surface area contributed by atoms with Crippen molar-refractivity contribution in [1.82, 2.24) is 10.2 Å². The van der Waals surface area contributed by atoms with E-state index >= 15 is 0 Å². The molecule has 0 radical (unpaired) electrons. The molecule has 0 saturated heterocycles. The van der Waals surface area contributed by atoms with Crippen LogP contribution in [0.2, 0.25) is 0 Å². The van der Waals surface area contributed by atoms with E-state index in [0.29, 0.717) is 12.6 Å². The van der Waals surface area contributed by atoms with E-state index in [1.54, 1.807) is 19.1 Å². The maximum Gasteiger partial charge on any atom is 0.317 e. The first-order chi connectivity index (χ1) is 9.63. The lowest BCUT2D eigenvalue weighted by molar-refractivity contribution is 0.209. The molecule has 0 aliphatic heterocycles. The number of carbonyl (C=O) groups is 1. The first-order valence-corrected chi connectivity index (χ1v) is 6.86. The van der Waals surface area contributed by atoms with Crippen LogP contribution in [-0.2, 0) is 6.42 Å². The Balaban J connectivity index is 1.87. The van der Waals surface area contributed by atoms with Gasteiger partial charge in [0.2, 0.25) is 0 Å². The lowest BCUT2D eigenvalue weighted by atomic mass is 10.1. The average molecular weight is 278 g/mol. The van der Waals surface area contributed by atoms with Crippen LogP contribution >= 0.6 is 0 Å². The van der Waals surface area contributed by atoms with Gasteiger partial charge in [0.1, 0.15) is 0 Å². The highest BCUT2D eigenvalue weighted by atomic mass is 16.5. The van der Waals surface area contributed by atoms with E-state index in [2.05, 4.69) is 5.32 Å². The number of hydrogen-bond donors (Lipinski definition) is 1. The summed E-state index contributed by atoms with van der Waals surface area (Å²) < 4.78 is 10.5. The van der Waals surface area contributed by atoms with E-state index in [-0.39, 0.29) is 6.03 Å². The van der Waals surface area contributed by atoms with Gasteiger partial charge in [0.15, 0.2) is 11.5 Å². The third-order valence-corrected chi connectivity index (χ3v) is 3.44. The van der Waals surface area contributed by atoms with Crippen molar-refractivity contribution in [3.8, 4) is 11.5 Å². The number of amides is 2. The first kappa shape index (κ1) is 14.5. The molecule has 110 valence electrons. The molecule has 1 aromatic rings. The van der Waals surface area contributed by atoms with Crippen LogP contribution in [0, 0.1) is 0 Å². The second-order valence-corrected chi connectivity index (χ2v) is 5.08. The largest absolute Gasteiger partial charge is 0.493 e.